The molecule has 148 valence electrons. The number of guanidine groups is 1. The monoisotopic (exact) mass is 477 g/mol. The van der Waals surface area contributed by atoms with E-state index < -0.39 is 12.7 Å². The zero-order valence-corrected chi connectivity index (χ0v) is 17.3. The van der Waals surface area contributed by atoms with Crippen LogP contribution in [0.1, 0.15) is 32.1 Å². The molecule has 2 N–H and O–H groups in total. The third-order valence-electron chi connectivity index (χ3n) is 4.63. The second-order valence-electron chi connectivity index (χ2n) is 6.74. The number of alkyl halides is 3. The Morgan fingerprint density at radius 1 is 1.12 bits per heavy atom. The van der Waals surface area contributed by atoms with Gasteiger partial charge in [-0.3, -0.25) is 9.89 Å². The number of aliphatic imine (C=N–C) groups is 1. The van der Waals surface area contributed by atoms with Crippen LogP contribution in [0.3, 0.4) is 0 Å². The Bertz CT molecular complexity index is 400. The van der Waals surface area contributed by atoms with Crippen LogP contribution in [0.15, 0.2) is 4.99 Å². The Balaban J connectivity index is 0.00000312. The molecule has 2 rings (SSSR count). The molecule has 0 amide bonds. The molecule has 0 bridgehead atoms. The summed E-state index contributed by atoms with van der Waals surface area (Å²) in [6.07, 6.45) is 1.47. The van der Waals surface area contributed by atoms with Crippen LogP contribution in [0, 0.1) is 0 Å². The normalized spacial score (nSPS) is 22.9. The third kappa shape index (κ3) is 9.28. The summed E-state index contributed by atoms with van der Waals surface area (Å²) in [5.74, 6) is 0.690. The number of nitrogens with zero attached hydrogens (tertiary/aromatic N) is 3. The van der Waals surface area contributed by atoms with Crippen LogP contribution in [0.25, 0.3) is 0 Å². The first-order valence-corrected chi connectivity index (χ1v) is 8.95. The summed E-state index contributed by atoms with van der Waals surface area (Å²) in [6, 6.07) is 0.0307. The van der Waals surface area contributed by atoms with Crippen molar-refractivity contribution in [3.05, 3.63) is 0 Å². The molecule has 1 atom stereocenters. The lowest BCUT2D eigenvalue weighted by Crippen LogP contribution is -2.45. The van der Waals surface area contributed by atoms with Crippen LogP contribution >= 0.6 is 24.0 Å². The summed E-state index contributed by atoms with van der Waals surface area (Å²) in [7, 11) is 1.70. The van der Waals surface area contributed by atoms with Gasteiger partial charge < -0.3 is 15.5 Å². The summed E-state index contributed by atoms with van der Waals surface area (Å²) >= 11 is 0. The van der Waals surface area contributed by atoms with E-state index in [1.165, 1.54) is 30.8 Å². The molecular weight excluding hydrogens is 446 g/mol. The molecule has 2 heterocycles. The van der Waals surface area contributed by atoms with Crippen molar-refractivity contribution in [1.82, 2.24) is 20.4 Å². The molecule has 25 heavy (non-hydrogen) atoms. The van der Waals surface area contributed by atoms with E-state index in [-0.39, 0.29) is 30.0 Å². The summed E-state index contributed by atoms with van der Waals surface area (Å²) in [4.78, 5) is 8.12. The van der Waals surface area contributed by atoms with Gasteiger partial charge in [0.15, 0.2) is 5.96 Å². The lowest BCUT2D eigenvalue weighted by Gasteiger charge is -2.20. The van der Waals surface area contributed by atoms with Crippen molar-refractivity contribution >= 4 is 29.9 Å². The van der Waals surface area contributed by atoms with Crippen molar-refractivity contribution in [2.75, 3.05) is 52.9 Å². The van der Waals surface area contributed by atoms with Crippen LogP contribution in [-0.4, -0.2) is 80.8 Å². The van der Waals surface area contributed by atoms with E-state index >= 15 is 0 Å². The van der Waals surface area contributed by atoms with Crippen molar-refractivity contribution in [3.63, 3.8) is 0 Å². The van der Waals surface area contributed by atoms with Gasteiger partial charge in [0.25, 0.3) is 0 Å². The quantitative estimate of drug-likeness (QED) is 0.256. The maximum absolute atomic E-state index is 12.4. The number of nitrogens with one attached hydrogen (secondary N) is 2. The SMILES string of the molecule is CN=C(NCCCCN1CCCC1)NC1CCN(CC(F)(F)F)C1.I. The molecule has 0 radical (unpaired) electrons. The lowest BCUT2D eigenvalue weighted by molar-refractivity contribution is -0.143. The standard InChI is InChI=1S/C16H30F3N5.HI/c1-20-15(21-7-2-3-8-23-9-4-5-10-23)22-14-6-11-24(12-14)13-16(17,18)19;/h14H,2-13H2,1H3,(H2,20,21,22);1H. The molecule has 2 saturated heterocycles. The van der Waals surface area contributed by atoms with Gasteiger partial charge in [-0.15, -0.1) is 24.0 Å². The maximum atomic E-state index is 12.4. The predicted octanol–water partition coefficient (Wildman–Crippen LogP) is 2.28. The molecule has 1 unspecified atom stereocenters. The Kier molecular flexibility index (Phi) is 10.4. The minimum atomic E-state index is -4.12. The highest BCUT2D eigenvalue weighted by atomic mass is 127. The minimum absolute atomic E-state index is 0. The molecule has 0 aromatic rings. The number of rotatable bonds is 7. The van der Waals surface area contributed by atoms with Gasteiger partial charge >= 0.3 is 6.18 Å². The fourth-order valence-electron chi connectivity index (χ4n) is 3.41. The molecule has 2 fully saturated rings. The highest BCUT2D eigenvalue weighted by Crippen LogP contribution is 2.19. The summed E-state index contributed by atoms with van der Waals surface area (Å²) in [6.45, 7) is 4.52. The highest BCUT2D eigenvalue weighted by Gasteiger charge is 2.34. The Morgan fingerprint density at radius 2 is 1.84 bits per heavy atom. The van der Waals surface area contributed by atoms with E-state index in [1.54, 1.807) is 7.05 Å². The molecule has 0 spiro atoms. The number of hydrogen-bond donors (Lipinski definition) is 2. The first-order chi connectivity index (χ1) is 11.5. The number of hydrogen-bond acceptors (Lipinski definition) is 3. The molecule has 0 aromatic carbocycles. The molecule has 9 heteroatoms. The van der Waals surface area contributed by atoms with E-state index in [4.69, 9.17) is 0 Å². The van der Waals surface area contributed by atoms with Crippen molar-refractivity contribution in [2.24, 2.45) is 4.99 Å². The van der Waals surface area contributed by atoms with Gasteiger partial charge in [0.1, 0.15) is 0 Å². The average molecular weight is 477 g/mol. The van der Waals surface area contributed by atoms with Gasteiger partial charge in [0.05, 0.1) is 6.54 Å². The lowest BCUT2D eigenvalue weighted by atomic mass is 10.2. The summed E-state index contributed by atoms with van der Waals surface area (Å²) in [5, 5.41) is 6.50. The zero-order chi connectivity index (χ0) is 17.4. The van der Waals surface area contributed by atoms with Gasteiger partial charge in [-0.25, -0.2) is 0 Å². The number of likely N-dealkylation sites (tertiary alicyclic amines) is 2. The molecule has 0 aliphatic carbocycles. The fraction of sp³-hybridized carbons (Fsp3) is 0.938. The van der Waals surface area contributed by atoms with Crippen molar-refractivity contribution in [2.45, 2.75) is 44.3 Å². The molecule has 0 saturated carbocycles. The first-order valence-electron chi connectivity index (χ1n) is 8.95. The zero-order valence-electron chi connectivity index (χ0n) is 14.9. The smallest absolute Gasteiger partial charge is 0.356 e. The second kappa shape index (κ2) is 11.4. The molecule has 2 aliphatic rings. The summed E-state index contributed by atoms with van der Waals surface area (Å²) in [5.41, 5.74) is 0. The predicted molar refractivity (Wildman–Crippen MR) is 106 cm³/mol. The van der Waals surface area contributed by atoms with Crippen LogP contribution in [0.2, 0.25) is 0 Å². The van der Waals surface area contributed by atoms with Crippen LogP contribution in [0.5, 0.6) is 0 Å². The van der Waals surface area contributed by atoms with E-state index in [9.17, 15) is 13.2 Å². The van der Waals surface area contributed by atoms with E-state index in [2.05, 4.69) is 20.5 Å². The average Bonchev–Trinajstić information content (AvgIpc) is 3.16. The van der Waals surface area contributed by atoms with Gasteiger partial charge in [0, 0.05) is 32.7 Å². The number of halogens is 4. The van der Waals surface area contributed by atoms with Crippen LogP contribution < -0.4 is 10.6 Å². The molecular formula is C16H31F3IN5. The fourth-order valence-corrected chi connectivity index (χ4v) is 3.41. The van der Waals surface area contributed by atoms with E-state index in [0.717, 1.165) is 25.9 Å². The largest absolute Gasteiger partial charge is 0.401 e. The van der Waals surface area contributed by atoms with Gasteiger partial charge in [0.2, 0.25) is 0 Å². The Morgan fingerprint density at radius 3 is 2.48 bits per heavy atom. The van der Waals surface area contributed by atoms with E-state index in [1.807, 2.05) is 0 Å². The van der Waals surface area contributed by atoms with E-state index in [0.29, 0.717) is 25.5 Å². The Labute approximate surface area is 165 Å². The van der Waals surface area contributed by atoms with Gasteiger partial charge in [-0.05, 0) is 51.7 Å². The van der Waals surface area contributed by atoms with Gasteiger partial charge in [-0.1, -0.05) is 0 Å². The second-order valence-corrected chi connectivity index (χ2v) is 6.74. The molecule has 5 nitrogen and oxygen atoms in total. The molecule has 0 aromatic heterocycles. The first kappa shape index (κ1) is 22.8. The van der Waals surface area contributed by atoms with Crippen molar-refractivity contribution < 1.29 is 13.2 Å². The third-order valence-corrected chi connectivity index (χ3v) is 4.63. The summed E-state index contributed by atoms with van der Waals surface area (Å²) < 4.78 is 37.2. The van der Waals surface area contributed by atoms with Crippen molar-refractivity contribution in [3.8, 4) is 0 Å². The topological polar surface area (TPSA) is 42.9 Å². The number of unbranched alkanes of at least 4 members (excludes halogenated alkanes) is 1. The van der Waals surface area contributed by atoms with Crippen LogP contribution in [-0.2, 0) is 0 Å². The minimum Gasteiger partial charge on any atom is -0.356 e. The van der Waals surface area contributed by atoms with Crippen LogP contribution in [0.4, 0.5) is 13.2 Å². The van der Waals surface area contributed by atoms with Gasteiger partial charge in [-0.2, -0.15) is 13.2 Å². The maximum Gasteiger partial charge on any atom is 0.401 e. The Hall–Kier alpha value is -0.290. The van der Waals surface area contributed by atoms with Crippen molar-refractivity contribution in [1.29, 1.82) is 0 Å². The highest BCUT2D eigenvalue weighted by molar-refractivity contribution is 14.0. The molecule has 2 aliphatic heterocycles.